The van der Waals surface area contributed by atoms with Gasteiger partial charge in [0, 0.05) is 18.2 Å². The zero-order valence-electron chi connectivity index (χ0n) is 14.7. The minimum absolute atomic E-state index is 0.0471. The number of hydrogen-bond acceptors (Lipinski definition) is 3. The Balaban J connectivity index is 1.59. The number of likely N-dealkylation sites (tertiary alicyclic amines) is 1. The number of nitrogens with zero attached hydrogens (tertiary/aromatic N) is 2. The maximum absolute atomic E-state index is 13.1. The summed E-state index contributed by atoms with van der Waals surface area (Å²) in [4.78, 5) is 15.1. The van der Waals surface area contributed by atoms with Gasteiger partial charge in [-0.05, 0) is 49.4 Å². The lowest BCUT2D eigenvalue weighted by molar-refractivity contribution is 0.0674. The molecule has 2 fully saturated rings. The Labute approximate surface area is 148 Å². The molecule has 0 bridgehead atoms. The predicted molar refractivity (Wildman–Crippen MR) is 95.8 cm³/mol. The van der Waals surface area contributed by atoms with Crippen molar-refractivity contribution in [3.8, 4) is 5.75 Å². The van der Waals surface area contributed by atoms with Crippen molar-refractivity contribution >= 4 is 5.91 Å². The van der Waals surface area contributed by atoms with Gasteiger partial charge in [0.25, 0.3) is 5.91 Å². The highest BCUT2D eigenvalue weighted by molar-refractivity contribution is 5.92. The van der Waals surface area contributed by atoms with Crippen LogP contribution in [0.25, 0.3) is 0 Å². The van der Waals surface area contributed by atoms with Crippen molar-refractivity contribution in [3.05, 3.63) is 47.3 Å². The second-order valence-corrected chi connectivity index (χ2v) is 7.12. The monoisotopic (exact) mass is 339 g/mol. The van der Waals surface area contributed by atoms with Gasteiger partial charge in [-0.25, -0.2) is 0 Å². The van der Waals surface area contributed by atoms with Crippen LogP contribution in [0.4, 0.5) is 0 Å². The number of amides is 1. The number of rotatable bonds is 4. The molecule has 0 radical (unpaired) electrons. The van der Waals surface area contributed by atoms with Gasteiger partial charge in [-0.2, -0.15) is 5.10 Å². The summed E-state index contributed by atoms with van der Waals surface area (Å²) in [6.45, 7) is 0.793. The van der Waals surface area contributed by atoms with E-state index < -0.39 is 0 Å². The van der Waals surface area contributed by atoms with Crippen LogP contribution in [0, 0.1) is 0 Å². The Bertz CT molecular complexity index is 734. The Morgan fingerprint density at radius 3 is 2.68 bits per heavy atom. The summed E-state index contributed by atoms with van der Waals surface area (Å²) in [6, 6.07) is 10.2. The van der Waals surface area contributed by atoms with Crippen LogP contribution in [0.1, 0.15) is 72.2 Å². The number of aromatic nitrogens is 2. The third kappa shape index (κ3) is 3.41. The van der Waals surface area contributed by atoms with Crippen molar-refractivity contribution in [2.45, 2.75) is 50.5 Å². The fourth-order valence-electron chi connectivity index (χ4n) is 3.72. The van der Waals surface area contributed by atoms with Gasteiger partial charge in [-0.3, -0.25) is 9.89 Å². The molecule has 5 nitrogen and oxygen atoms in total. The van der Waals surface area contributed by atoms with Crippen LogP contribution in [0.2, 0.25) is 0 Å². The molecule has 2 aromatic rings. The molecule has 1 atom stereocenters. The average molecular weight is 339 g/mol. The summed E-state index contributed by atoms with van der Waals surface area (Å²) in [5, 5.41) is 7.36. The van der Waals surface area contributed by atoms with Crippen molar-refractivity contribution in [1.29, 1.82) is 0 Å². The SMILES string of the molecule is COc1ccc([C@@H]2CCCCCN2C(=O)c2cc(C3CC3)[nH]n2)cc1. The van der Waals surface area contributed by atoms with E-state index in [9.17, 15) is 4.79 Å². The van der Waals surface area contributed by atoms with Crippen LogP contribution >= 0.6 is 0 Å². The normalized spacial score (nSPS) is 21.0. The number of benzene rings is 1. The second kappa shape index (κ2) is 6.90. The molecule has 132 valence electrons. The predicted octanol–water partition coefficient (Wildman–Crippen LogP) is 4.05. The smallest absolute Gasteiger partial charge is 0.274 e. The van der Waals surface area contributed by atoms with Crippen LogP contribution in [0.15, 0.2) is 30.3 Å². The van der Waals surface area contributed by atoms with E-state index in [4.69, 9.17) is 4.74 Å². The number of hydrogen-bond donors (Lipinski definition) is 1. The maximum atomic E-state index is 13.1. The number of ether oxygens (including phenoxy) is 1. The van der Waals surface area contributed by atoms with E-state index in [1.54, 1.807) is 7.11 Å². The van der Waals surface area contributed by atoms with Gasteiger partial charge in [0.05, 0.1) is 13.2 Å². The molecule has 1 saturated heterocycles. The van der Waals surface area contributed by atoms with Crippen LogP contribution in [-0.2, 0) is 0 Å². The lowest BCUT2D eigenvalue weighted by atomic mass is 10.0. The maximum Gasteiger partial charge on any atom is 0.274 e. The first kappa shape index (κ1) is 16.2. The van der Waals surface area contributed by atoms with Crippen molar-refractivity contribution in [2.24, 2.45) is 0 Å². The Hall–Kier alpha value is -2.30. The lowest BCUT2D eigenvalue weighted by Crippen LogP contribution is -2.35. The standard InChI is InChI=1S/C20H25N3O2/c1-25-16-10-8-15(9-11-16)19-5-3-2-4-12-23(19)20(24)18-13-17(21-22-18)14-6-7-14/h8-11,13-14,19H,2-7,12H2,1H3,(H,21,22)/t19-/m0/s1. The Kier molecular flexibility index (Phi) is 4.47. The van der Waals surface area contributed by atoms with E-state index >= 15 is 0 Å². The third-order valence-electron chi connectivity index (χ3n) is 5.35. The molecule has 1 saturated carbocycles. The molecule has 1 aromatic carbocycles. The van der Waals surface area contributed by atoms with Crippen molar-refractivity contribution < 1.29 is 9.53 Å². The summed E-state index contributed by atoms with van der Waals surface area (Å²) >= 11 is 0. The minimum atomic E-state index is 0.0471. The lowest BCUT2D eigenvalue weighted by Gasteiger charge is -2.30. The molecule has 1 aliphatic carbocycles. The molecule has 25 heavy (non-hydrogen) atoms. The van der Waals surface area contributed by atoms with E-state index in [-0.39, 0.29) is 11.9 Å². The average Bonchev–Trinajstić information content (AvgIpc) is 3.43. The summed E-state index contributed by atoms with van der Waals surface area (Å²) in [6.07, 6.45) is 6.77. The second-order valence-electron chi connectivity index (χ2n) is 7.12. The quantitative estimate of drug-likeness (QED) is 0.914. The molecular formula is C20H25N3O2. The molecule has 1 amide bonds. The molecule has 0 unspecified atom stereocenters. The number of methoxy groups -OCH3 is 1. The van der Waals surface area contributed by atoms with Crippen molar-refractivity contribution in [1.82, 2.24) is 15.1 Å². The van der Waals surface area contributed by atoms with E-state index in [1.165, 1.54) is 24.8 Å². The van der Waals surface area contributed by atoms with Crippen molar-refractivity contribution in [2.75, 3.05) is 13.7 Å². The summed E-state index contributed by atoms with van der Waals surface area (Å²) in [7, 11) is 1.67. The first-order valence-electron chi connectivity index (χ1n) is 9.26. The van der Waals surface area contributed by atoms with Gasteiger partial charge in [0.15, 0.2) is 0 Å². The first-order chi connectivity index (χ1) is 12.3. The van der Waals surface area contributed by atoms with Crippen LogP contribution in [0.5, 0.6) is 5.75 Å². The number of carbonyl (C=O) groups excluding carboxylic acids is 1. The van der Waals surface area contributed by atoms with Gasteiger partial charge >= 0.3 is 0 Å². The minimum Gasteiger partial charge on any atom is -0.497 e. The zero-order chi connectivity index (χ0) is 17.2. The highest BCUT2D eigenvalue weighted by Crippen LogP contribution is 2.39. The number of aromatic amines is 1. The van der Waals surface area contributed by atoms with Crippen LogP contribution in [0.3, 0.4) is 0 Å². The zero-order valence-corrected chi connectivity index (χ0v) is 14.7. The van der Waals surface area contributed by atoms with Gasteiger partial charge in [-0.1, -0.05) is 25.0 Å². The van der Waals surface area contributed by atoms with E-state index in [1.807, 2.05) is 23.1 Å². The van der Waals surface area contributed by atoms with Gasteiger partial charge in [0.1, 0.15) is 11.4 Å². The highest BCUT2D eigenvalue weighted by atomic mass is 16.5. The molecule has 1 aromatic heterocycles. The van der Waals surface area contributed by atoms with Crippen molar-refractivity contribution in [3.63, 3.8) is 0 Å². The molecule has 1 N–H and O–H groups in total. The Morgan fingerprint density at radius 1 is 1.16 bits per heavy atom. The largest absolute Gasteiger partial charge is 0.497 e. The molecule has 0 spiro atoms. The molecule has 5 heteroatoms. The number of H-pyrrole nitrogens is 1. The van der Waals surface area contributed by atoms with E-state index in [2.05, 4.69) is 22.3 Å². The first-order valence-corrected chi connectivity index (χ1v) is 9.26. The fraction of sp³-hybridized carbons (Fsp3) is 0.500. The van der Waals surface area contributed by atoms with Gasteiger partial charge in [0.2, 0.25) is 0 Å². The topological polar surface area (TPSA) is 58.2 Å². The molecule has 1 aliphatic heterocycles. The summed E-state index contributed by atoms with van der Waals surface area (Å²) < 4.78 is 5.26. The molecular weight excluding hydrogens is 314 g/mol. The van der Waals surface area contributed by atoms with Gasteiger partial charge in [-0.15, -0.1) is 0 Å². The van der Waals surface area contributed by atoms with Crippen LogP contribution in [-0.4, -0.2) is 34.7 Å². The number of carbonyl (C=O) groups is 1. The molecule has 2 heterocycles. The summed E-state index contributed by atoms with van der Waals surface area (Å²) in [5.74, 6) is 1.47. The van der Waals surface area contributed by atoms with E-state index in [0.29, 0.717) is 11.6 Å². The van der Waals surface area contributed by atoms with E-state index in [0.717, 1.165) is 37.3 Å². The molecule has 2 aliphatic rings. The van der Waals surface area contributed by atoms with Crippen LogP contribution < -0.4 is 4.74 Å². The molecule has 4 rings (SSSR count). The highest BCUT2D eigenvalue weighted by Gasteiger charge is 2.31. The third-order valence-corrected chi connectivity index (χ3v) is 5.35. The number of nitrogens with one attached hydrogen (secondary N) is 1. The summed E-state index contributed by atoms with van der Waals surface area (Å²) in [5.41, 5.74) is 2.84. The Morgan fingerprint density at radius 2 is 1.96 bits per heavy atom. The fourth-order valence-corrected chi connectivity index (χ4v) is 3.72. The van der Waals surface area contributed by atoms with Gasteiger partial charge < -0.3 is 9.64 Å².